The van der Waals surface area contributed by atoms with Gasteiger partial charge in [0, 0.05) is 13.1 Å². The Balaban J connectivity index is 1.92. The van der Waals surface area contributed by atoms with Gasteiger partial charge in [0.1, 0.15) is 0 Å². The second-order valence-corrected chi connectivity index (χ2v) is 6.70. The van der Waals surface area contributed by atoms with Crippen LogP contribution in [0.15, 0.2) is 59.5 Å². The molecule has 2 aromatic rings. The van der Waals surface area contributed by atoms with Gasteiger partial charge in [-0.2, -0.15) is 0 Å². The van der Waals surface area contributed by atoms with E-state index in [1.807, 2.05) is 24.3 Å². The number of hydrogen-bond acceptors (Lipinski definition) is 3. The van der Waals surface area contributed by atoms with E-state index < -0.39 is 10.0 Å². The standard InChI is InChI=1S/C16H20N2O2S/c1-13(15-7-3-2-4-8-15)11-18-12-14-6-5-9-16(10-14)21(17,19)20/h2-10,13,18H,11-12H2,1H3,(H2,17,19,20). The van der Waals surface area contributed by atoms with Crippen LogP contribution in [-0.2, 0) is 16.6 Å². The summed E-state index contributed by atoms with van der Waals surface area (Å²) < 4.78 is 22.6. The van der Waals surface area contributed by atoms with Crippen LogP contribution in [0.25, 0.3) is 0 Å². The molecule has 4 nitrogen and oxygen atoms in total. The van der Waals surface area contributed by atoms with Gasteiger partial charge >= 0.3 is 0 Å². The first-order valence-corrected chi connectivity index (χ1v) is 8.39. The van der Waals surface area contributed by atoms with Crippen molar-refractivity contribution in [2.24, 2.45) is 5.14 Å². The number of benzene rings is 2. The van der Waals surface area contributed by atoms with Crippen molar-refractivity contribution in [3.05, 3.63) is 65.7 Å². The van der Waals surface area contributed by atoms with E-state index >= 15 is 0 Å². The molecule has 21 heavy (non-hydrogen) atoms. The summed E-state index contributed by atoms with van der Waals surface area (Å²) in [7, 11) is -3.64. The van der Waals surface area contributed by atoms with Crippen LogP contribution in [0, 0.1) is 0 Å². The summed E-state index contributed by atoms with van der Waals surface area (Å²) in [5, 5.41) is 8.47. The van der Waals surface area contributed by atoms with E-state index in [0.29, 0.717) is 12.5 Å². The molecule has 1 unspecified atom stereocenters. The fourth-order valence-corrected chi connectivity index (χ4v) is 2.75. The van der Waals surface area contributed by atoms with Crippen molar-refractivity contribution in [3.63, 3.8) is 0 Å². The summed E-state index contributed by atoms with van der Waals surface area (Å²) in [5.41, 5.74) is 2.19. The molecule has 0 amide bonds. The quantitative estimate of drug-likeness (QED) is 0.859. The molecule has 0 fully saturated rings. The molecule has 0 aliphatic heterocycles. The maximum absolute atomic E-state index is 11.3. The number of primary sulfonamides is 1. The molecule has 0 saturated carbocycles. The molecule has 0 bridgehead atoms. The molecule has 0 aliphatic carbocycles. The SMILES string of the molecule is CC(CNCc1cccc(S(N)(=O)=O)c1)c1ccccc1. The van der Waals surface area contributed by atoms with Gasteiger partial charge in [-0.25, -0.2) is 13.6 Å². The summed E-state index contributed by atoms with van der Waals surface area (Å²) in [4.78, 5) is 0.151. The maximum atomic E-state index is 11.3. The number of rotatable bonds is 6. The molecule has 0 spiro atoms. The van der Waals surface area contributed by atoms with Crippen molar-refractivity contribution >= 4 is 10.0 Å². The van der Waals surface area contributed by atoms with Crippen LogP contribution in [0.1, 0.15) is 24.0 Å². The largest absolute Gasteiger partial charge is 0.312 e. The molecule has 2 aromatic carbocycles. The van der Waals surface area contributed by atoms with E-state index in [1.54, 1.807) is 12.1 Å². The van der Waals surface area contributed by atoms with E-state index in [2.05, 4.69) is 24.4 Å². The summed E-state index contributed by atoms with van der Waals surface area (Å²) in [6.45, 7) is 3.59. The van der Waals surface area contributed by atoms with E-state index in [0.717, 1.165) is 12.1 Å². The molecular formula is C16H20N2O2S. The lowest BCUT2D eigenvalue weighted by Crippen LogP contribution is -2.20. The first kappa shape index (κ1) is 15.7. The minimum absolute atomic E-state index is 0.151. The van der Waals surface area contributed by atoms with Crippen LogP contribution in [0.3, 0.4) is 0 Å². The van der Waals surface area contributed by atoms with Gasteiger partial charge in [0.05, 0.1) is 4.90 Å². The fourth-order valence-electron chi connectivity index (χ4n) is 2.16. The van der Waals surface area contributed by atoms with E-state index in [-0.39, 0.29) is 4.90 Å². The van der Waals surface area contributed by atoms with Crippen LogP contribution in [0.5, 0.6) is 0 Å². The average Bonchev–Trinajstić information content (AvgIpc) is 2.47. The highest BCUT2D eigenvalue weighted by Crippen LogP contribution is 2.14. The zero-order valence-corrected chi connectivity index (χ0v) is 12.8. The number of hydrogen-bond donors (Lipinski definition) is 2. The van der Waals surface area contributed by atoms with Gasteiger partial charge in [-0.05, 0) is 29.2 Å². The van der Waals surface area contributed by atoms with Crippen LogP contribution >= 0.6 is 0 Å². The summed E-state index contributed by atoms with van der Waals surface area (Å²) in [6.07, 6.45) is 0. The Hall–Kier alpha value is -1.69. The highest BCUT2D eigenvalue weighted by molar-refractivity contribution is 7.89. The molecule has 0 radical (unpaired) electrons. The summed E-state index contributed by atoms with van der Waals surface area (Å²) >= 11 is 0. The molecule has 1 atom stereocenters. The summed E-state index contributed by atoms with van der Waals surface area (Å²) in [5.74, 6) is 0.396. The van der Waals surface area contributed by atoms with Crippen LogP contribution < -0.4 is 10.5 Å². The number of nitrogens with two attached hydrogens (primary N) is 1. The van der Waals surface area contributed by atoms with E-state index in [4.69, 9.17) is 5.14 Å². The fraction of sp³-hybridized carbons (Fsp3) is 0.250. The zero-order valence-electron chi connectivity index (χ0n) is 12.0. The topological polar surface area (TPSA) is 72.2 Å². The number of nitrogens with one attached hydrogen (secondary N) is 1. The Morgan fingerprint density at radius 3 is 2.48 bits per heavy atom. The third kappa shape index (κ3) is 4.67. The van der Waals surface area contributed by atoms with Crippen molar-refractivity contribution in [1.29, 1.82) is 0 Å². The lowest BCUT2D eigenvalue weighted by Gasteiger charge is -2.13. The minimum atomic E-state index is -3.64. The highest BCUT2D eigenvalue weighted by Gasteiger charge is 2.08. The second-order valence-electron chi connectivity index (χ2n) is 5.14. The molecule has 0 aromatic heterocycles. The molecule has 5 heteroatoms. The van der Waals surface area contributed by atoms with Gasteiger partial charge in [-0.15, -0.1) is 0 Å². The van der Waals surface area contributed by atoms with E-state index in [9.17, 15) is 8.42 Å². The lowest BCUT2D eigenvalue weighted by molar-refractivity contribution is 0.596. The Kier molecular flexibility index (Phi) is 5.12. The second kappa shape index (κ2) is 6.85. The predicted octanol–water partition coefficient (Wildman–Crippen LogP) is 2.23. The third-order valence-electron chi connectivity index (χ3n) is 3.38. The van der Waals surface area contributed by atoms with Crippen molar-refractivity contribution in [1.82, 2.24) is 5.32 Å². The van der Waals surface area contributed by atoms with Crippen molar-refractivity contribution in [3.8, 4) is 0 Å². The molecular weight excluding hydrogens is 284 g/mol. The molecule has 0 aliphatic rings. The first-order valence-electron chi connectivity index (χ1n) is 6.84. The smallest absolute Gasteiger partial charge is 0.238 e. The van der Waals surface area contributed by atoms with E-state index in [1.165, 1.54) is 11.6 Å². The van der Waals surface area contributed by atoms with Crippen LogP contribution in [0.4, 0.5) is 0 Å². The van der Waals surface area contributed by atoms with Gasteiger partial charge in [-0.3, -0.25) is 0 Å². The Labute approximate surface area is 126 Å². The molecule has 0 saturated heterocycles. The Bertz CT molecular complexity index is 684. The monoisotopic (exact) mass is 304 g/mol. The summed E-state index contributed by atoms with van der Waals surface area (Å²) in [6, 6.07) is 17.0. The molecule has 2 rings (SSSR count). The van der Waals surface area contributed by atoms with Gasteiger partial charge in [0.15, 0.2) is 0 Å². The van der Waals surface area contributed by atoms with Crippen molar-refractivity contribution in [2.45, 2.75) is 24.3 Å². The highest BCUT2D eigenvalue weighted by atomic mass is 32.2. The van der Waals surface area contributed by atoms with Crippen molar-refractivity contribution in [2.75, 3.05) is 6.54 Å². The predicted molar refractivity (Wildman–Crippen MR) is 84.4 cm³/mol. The first-order chi connectivity index (χ1) is 9.97. The average molecular weight is 304 g/mol. The Morgan fingerprint density at radius 1 is 1.10 bits per heavy atom. The van der Waals surface area contributed by atoms with Gasteiger partial charge in [0.2, 0.25) is 10.0 Å². The van der Waals surface area contributed by atoms with Gasteiger partial charge < -0.3 is 5.32 Å². The molecule has 112 valence electrons. The van der Waals surface area contributed by atoms with Crippen LogP contribution in [-0.4, -0.2) is 15.0 Å². The Morgan fingerprint density at radius 2 is 1.81 bits per heavy atom. The van der Waals surface area contributed by atoms with Crippen LogP contribution in [0.2, 0.25) is 0 Å². The molecule has 3 N–H and O–H groups in total. The zero-order chi connectivity index (χ0) is 15.3. The number of sulfonamides is 1. The molecule has 0 heterocycles. The third-order valence-corrected chi connectivity index (χ3v) is 4.29. The normalized spacial score (nSPS) is 13.0. The van der Waals surface area contributed by atoms with Crippen molar-refractivity contribution < 1.29 is 8.42 Å². The minimum Gasteiger partial charge on any atom is -0.312 e. The van der Waals surface area contributed by atoms with Gasteiger partial charge in [-0.1, -0.05) is 49.4 Å². The lowest BCUT2D eigenvalue weighted by atomic mass is 10.0. The van der Waals surface area contributed by atoms with Gasteiger partial charge in [0.25, 0.3) is 0 Å². The maximum Gasteiger partial charge on any atom is 0.238 e.